The van der Waals surface area contributed by atoms with Crippen LogP contribution in [0.4, 0.5) is 10.5 Å². The number of para-hydroxylation sites is 1. The average Bonchev–Trinajstić information content (AvgIpc) is 2.70. The third-order valence-electron chi connectivity index (χ3n) is 4.02. The molecule has 3 rings (SSSR count). The second kappa shape index (κ2) is 8.66. The van der Waals surface area contributed by atoms with Crippen LogP contribution in [0, 0.1) is 0 Å². The maximum atomic E-state index is 12.9. The van der Waals surface area contributed by atoms with E-state index in [1.54, 1.807) is 30.3 Å². The van der Waals surface area contributed by atoms with Gasteiger partial charge in [0.1, 0.15) is 5.57 Å². The molecule has 0 unspecified atom stereocenters. The molecule has 1 saturated heterocycles. The van der Waals surface area contributed by atoms with Gasteiger partial charge in [0.15, 0.2) is 18.1 Å². The molecule has 2 aromatic rings. The van der Waals surface area contributed by atoms with E-state index in [1.165, 1.54) is 25.3 Å². The topological polar surface area (TPSA) is 122 Å². The number of methoxy groups -OCH3 is 1. The number of ether oxygens (including phenoxy) is 2. The van der Waals surface area contributed by atoms with Gasteiger partial charge >= 0.3 is 12.0 Å². The molecule has 4 amide bonds. The Bertz CT molecular complexity index is 1070. The molecule has 0 aromatic heterocycles. The molecule has 0 spiro atoms. The summed E-state index contributed by atoms with van der Waals surface area (Å²) in [5.74, 6) is -2.76. The quantitative estimate of drug-likeness (QED) is 0.533. The van der Waals surface area contributed by atoms with E-state index in [0.29, 0.717) is 11.3 Å². The number of hydrogen-bond acceptors (Lipinski definition) is 6. The standard InChI is InChI=1S/C20H15ClN2O7/c1-29-15-9-11(8-14(21)17(15)30-10-16(24)25)7-13-18(26)22-20(28)23(19(13)27)12-5-3-2-4-6-12/h2-9H,10H2,1H3,(H,24,25)(H,22,26,28)/b13-7+. The Kier molecular flexibility index (Phi) is 6.03. The van der Waals surface area contributed by atoms with Crippen molar-refractivity contribution in [1.29, 1.82) is 0 Å². The number of rotatable bonds is 6. The van der Waals surface area contributed by atoms with Gasteiger partial charge in [-0.2, -0.15) is 0 Å². The molecule has 0 saturated carbocycles. The monoisotopic (exact) mass is 430 g/mol. The highest BCUT2D eigenvalue weighted by atomic mass is 35.5. The molecule has 2 aromatic carbocycles. The number of benzene rings is 2. The van der Waals surface area contributed by atoms with Crippen molar-refractivity contribution < 1.29 is 33.8 Å². The number of imide groups is 2. The number of barbiturate groups is 1. The number of carboxylic acid groups (broad SMARTS) is 1. The van der Waals surface area contributed by atoms with Gasteiger partial charge < -0.3 is 14.6 Å². The smallest absolute Gasteiger partial charge is 0.341 e. The molecule has 30 heavy (non-hydrogen) atoms. The Morgan fingerprint density at radius 3 is 2.53 bits per heavy atom. The number of anilines is 1. The first-order chi connectivity index (χ1) is 14.3. The third-order valence-corrected chi connectivity index (χ3v) is 4.30. The molecule has 2 N–H and O–H groups in total. The van der Waals surface area contributed by atoms with Gasteiger partial charge in [0.05, 0.1) is 17.8 Å². The lowest BCUT2D eigenvalue weighted by Gasteiger charge is -2.26. The van der Waals surface area contributed by atoms with E-state index in [1.807, 2.05) is 0 Å². The Hall–Kier alpha value is -3.85. The Labute approximate surface area is 175 Å². The van der Waals surface area contributed by atoms with Crippen molar-refractivity contribution in [3.05, 3.63) is 58.6 Å². The maximum Gasteiger partial charge on any atom is 0.341 e. The lowest BCUT2D eigenvalue weighted by atomic mass is 10.1. The van der Waals surface area contributed by atoms with Gasteiger partial charge in [-0.1, -0.05) is 29.8 Å². The molecule has 9 nitrogen and oxygen atoms in total. The van der Waals surface area contributed by atoms with Crippen LogP contribution < -0.4 is 19.7 Å². The molecule has 1 fully saturated rings. The highest BCUT2D eigenvalue weighted by Crippen LogP contribution is 2.37. The molecule has 0 bridgehead atoms. The summed E-state index contributed by atoms with van der Waals surface area (Å²) in [5.41, 5.74) is 0.308. The number of carbonyl (C=O) groups is 4. The first-order valence-electron chi connectivity index (χ1n) is 8.50. The lowest BCUT2D eigenvalue weighted by Crippen LogP contribution is -2.54. The minimum Gasteiger partial charge on any atom is -0.493 e. The van der Waals surface area contributed by atoms with E-state index < -0.39 is 30.4 Å². The van der Waals surface area contributed by atoms with Gasteiger partial charge in [0.25, 0.3) is 11.8 Å². The molecule has 10 heteroatoms. The van der Waals surface area contributed by atoms with Crippen LogP contribution in [-0.4, -0.2) is 42.6 Å². The van der Waals surface area contributed by atoms with Crippen LogP contribution in [0.25, 0.3) is 6.08 Å². The van der Waals surface area contributed by atoms with E-state index in [2.05, 4.69) is 5.32 Å². The number of hydrogen-bond donors (Lipinski definition) is 2. The second-order valence-electron chi connectivity index (χ2n) is 6.01. The minimum atomic E-state index is -1.20. The average molecular weight is 431 g/mol. The van der Waals surface area contributed by atoms with Gasteiger partial charge in [-0.3, -0.25) is 14.9 Å². The SMILES string of the molecule is COc1cc(/C=C2\C(=O)NC(=O)N(c3ccccc3)C2=O)cc(Cl)c1OCC(=O)O. The number of carboxylic acids is 1. The first kappa shape index (κ1) is 20.9. The normalized spacial score (nSPS) is 15.2. The van der Waals surface area contributed by atoms with Crippen LogP contribution in [0.2, 0.25) is 5.02 Å². The van der Waals surface area contributed by atoms with Crippen LogP contribution in [0.1, 0.15) is 5.56 Å². The fraction of sp³-hybridized carbons (Fsp3) is 0.100. The largest absolute Gasteiger partial charge is 0.493 e. The van der Waals surface area contributed by atoms with Crippen molar-refractivity contribution in [2.24, 2.45) is 0 Å². The number of carbonyl (C=O) groups excluding carboxylic acids is 3. The molecule has 0 atom stereocenters. The zero-order valence-electron chi connectivity index (χ0n) is 15.5. The van der Waals surface area contributed by atoms with Crippen LogP contribution in [-0.2, 0) is 14.4 Å². The Balaban J connectivity index is 1.99. The first-order valence-corrected chi connectivity index (χ1v) is 8.88. The molecule has 1 aliphatic rings. The minimum absolute atomic E-state index is 0.00392. The van der Waals surface area contributed by atoms with Crippen LogP contribution in [0.5, 0.6) is 11.5 Å². The van der Waals surface area contributed by atoms with Crippen molar-refractivity contribution >= 4 is 47.2 Å². The van der Waals surface area contributed by atoms with E-state index in [4.69, 9.17) is 26.2 Å². The second-order valence-corrected chi connectivity index (χ2v) is 6.42. The molecule has 1 aliphatic heterocycles. The predicted octanol–water partition coefficient (Wildman–Crippen LogP) is 2.48. The molecular weight excluding hydrogens is 416 g/mol. The number of urea groups is 1. The number of nitrogens with one attached hydrogen (secondary N) is 1. The van der Waals surface area contributed by atoms with E-state index in [-0.39, 0.29) is 22.1 Å². The number of halogens is 1. The number of aliphatic carboxylic acids is 1. The summed E-state index contributed by atoms with van der Waals surface area (Å²) in [4.78, 5) is 48.9. The third kappa shape index (κ3) is 4.26. The number of nitrogens with zero attached hydrogens (tertiary/aromatic N) is 1. The summed E-state index contributed by atoms with van der Waals surface area (Å²) in [6.45, 7) is -0.633. The van der Waals surface area contributed by atoms with Crippen molar-refractivity contribution in [3.63, 3.8) is 0 Å². The highest BCUT2D eigenvalue weighted by Gasteiger charge is 2.36. The summed E-state index contributed by atoms with van der Waals surface area (Å²) < 4.78 is 10.3. The zero-order valence-corrected chi connectivity index (χ0v) is 16.3. The van der Waals surface area contributed by atoms with E-state index in [9.17, 15) is 19.2 Å². The fourth-order valence-electron chi connectivity index (χ4n) is 2.73. The van der Waals surface area contributed by atoms with E-state index in [0.717, 1.165) is 4.90 Å². The zero-order chi connectivity index (χ0) is 21.8. The van der Waals surface area contributed by atoms with Gasteiger partial charge in [0, 0.05) is 0 Å². The van der Waals surface area contributed by atoms with Gasteiger partial charge in [-0.25, -0.2) is 14.5 Å². The highest BCUT2D eigenvalue weighted by molar-refractivity contribution is 6.39. The molecule has 154 valence electrons. The van der Waals surface area contributed by atoms with Gasteiger partial charge in [0.2, 0.25) is 0 Å². The predicted molar refractivity (Wildman–Crippen MR) is 107 cm³/mol. The van der Waals surface area contributed by atoms with Crippen LogP contribution in [0.3, 0.4) is 0 Å². The fourth-order valence-corrected chi connectivity index (χ4v) is 3.01. The molecule has 0 aliphatic carbocycles. The number of amides is 4. The van der Waals surface area contributed by atoms with Crippen LogP contribution in [0.15, 0.2) is 48.0 Å². The summed E-state index contributed by atoms with van der Waals surface area (Å²) in [6.07, 6.45) is 1.25. The van der Waals surface area contributed by atoms with Crippen LogP contribution >= 0.6 is 11.6 Å². The van der Waals surface area contributed by atoms with Crippen molar-refractivity contribution in [1.82, 2.24) is 5.32 Å². The van der Waals surface area contributed by atoms with Crippen molar-refractivity contribution in [3.8, 4) is 11.5 Å². The summed E-state index contributed by atoms with van der Waals surface area (Å²) in [7, 11) is 1.32. The summed E-state index contributed by atoms with van der Waals surface area (Å²) in [5, 5.41) is 10.9. The Morgan fingerprint density at radius 2 is 1.90 bits per heavy atom. The van der Waals surface area contributed by atoms with Crippen molar-refractivity contribution in [2.45, 2.75) is 0 Å². The van der Waals surface area contributed by atoms with Gasteiger partial charge in [-0.05, 0) is 35.9 Å². The van der Waals surface area contributed by atoms with Gasteiger partial charge in [-0.15, -0.1) is 0 Å². The van der Waals surface area contributed by atoms with Crippen molar-refractivity contribution in [2.75, 3.05) is 18.6 Å². The Morgan fingerprint density at radius 1 is 1.20 bits per heavy atom. The lowest BCUT2D eigenvalue weighted by molar-refractivity contribution is -0.139. The summed E-state index contributed by atoms with van der Waals surface area (Å²) in [6, 6.07) is 10.1. The molecular formula is C20H15ClN2O7. The van der Waals surface area contributed by atoms with E-state index >= 15 is 0 Å². The molecule has 0 radical (unpaired) electrons. The maximum absolute atomic E-state index is 12.9. The molecule has 1 heterocycles. The summed E-state index contributed by atoms with van der Waals surface area (Å²) >= 11 is 6.16.